The molecule has 0 aliphatic carbocycles. The molecule has 1 N–H and O–H groups in total. The van der Waals surface area contributed by atoms with Crippen LogP contribution in [0.15, 0.2) is 18.3 Å². The number of halogens is 3. The Morgan fingerprint density at radius 1 is 1.44 bits per heavy atom. The molecule has 1 unspecified atom stereocenters. The standard InChI is InChI=1S/C12H15F3N2O/c13-12(14,15)9-3-5-16-11(8-9)17-6-4-10-2-1-7-18-10/h3,5,8,10H,1-2,4,6-7H2,(H,16,17). The highest BCUT2D eigenvalue weighted by Gasteiger charge is 2.30. The summed E-state index contributed by atoms with van der Waals surface area (Å²) >= 11 is 0. The number of nitrogens with one attached hydrogen (secondary N) is 1. The van der Waals surface area contributed by atoms with Gasteiger partial charge in [-0.2, -0.15) is 13.2 Å². The number of rotatable bonds is 4. The van der Waals surface area contributed by atoms with Crippen molar-refractivity contribution in [1.82, 2.24) is 4.98 Å². The van der Waals surface area contributed by atoms with Crippen molar-refractivity contribution >= 4 is 5.82 Å². The topological polar surface area (TPSA) is 34.2 Å². The van der Waals surface area contributed by atoms with Crippen LogP contribution >= 0.6 is 0 Å². The number of ether oxygens (including phenoxy) is 1. The Morgan fingerprint density at radius 3 is 2.94 bits per heavy atom. The molecule has 1 aliphatic rings. The second-order valence-electron chi connectivity index (χ2n) is 4.28. The number of nitrogens with zero attached hydrogens (tertiary/aromatic N) is 1. The van der Waals surface area contributed by atoms with E-state index in [1.54, 1.807) is 0 Å². The van der Waals surface area contributed by atoms with E-state index in [2.05, 4.69) is 10.3 Å². The summed E-state index contributed by atoms with van der Waals surface area (Å²) in [7, 11) is 0. The van der Waals surface area contributed by atoms with Gasteiger partial charge in [0.05, 0.1) is 11.7 Å². The first kappa shape index (κ1) is 13.1. The minimum Gasteiger partial charge on any atom is -0.378 e. The highest BCUT2D eigenvalue weighted by Crippen LogP contribution is 2.29. The predicted octanol–water partition coefficient (Wildman–Crippen LogP) is 3.08. The molecule has 1 atom stereocenters. The van der Waals surface area contributed by atoms with E-state index >= 15 is 0 Å². The fourth-order valence-electron chi connectivity index (χ4n) is 1.94. The molecule has 6 heteroatoms. The average Bonchev–Trinajstić information content (AvgIpc) is 2.81. The number of pyridine rings is 1. The number of hydrogen-bond donors (Lipinski definition) is 1. The SMILES string of the molecule is FC(F)(F)c1ccnc(NCCC2CCCO2)c1. The monoisotopic (exact) mass is 260 g/mol. The first-order valence-corrected chi connectivity index (χ1v) is 5.94. The van der Waals surface area contributed by atoms with Crippen LogP contribution in [-0.4, -0.2) is 24.2 Å². The summed E-state index contributed by atoms with van der Waals surface area (Å²) < 4.78 is 42.8. The summed E-state index contributed by atoms with van der Waals surface area (Å²) in [4.78, 5) is 3.87. The lowest BCUT2D eigenvalue weighted by Gasteiger charge is -2.12. The van der Waals surface area contributed by atoms with Gasteiger partial charge < -0.3 is 10.1 Å². The molecule has 0 aromatic carbocycles. The molecule has 1 aliphatic heterocycles. The van der Waals surface area contributed by atoms with Gasteiger partial charge >= 0.3 is 6.18 Å². The van der Waals surface area contributed by atoms with Gasteiger partial charge in [0.2, 0.25) is 0 Å². The molecular formula is C12H15F3N2O. The molecule has 1 saturated heterocycles. The van der Waals surface area contributed by atoms with Gasteiger partial charge in [-0.05, 0) is 31.4 Å². The van der Waals surface area contributed by atoms with Crippen LogP contribution in [0.4, 0.5) is 19.0 Å². The molecule has 0 spiro atoms. The Morgan fingerprint density at radius 2 is 2.28 bits per heavy atom. The van der Waals surface area contributed by atoms with Crippen LogP contribution < -0.4 is 5.32 Å². The molecule has 1 fully saturated rings. The summed E-state index contributed by atoms with van der Waals surface area (Å²) in [5.41, 5.74) is -0.683. The zero-order valence-corrected chi connectivity index (χ0v) is 9.83. The van der Waals surface area contributed by atoms with E-state index in [4.69, 9.17) is 4.74 Å². The van der Waals surface area contributed by atoms with E-state index in [1.165, 1.54) is 0 Å². The van der Waals surface area contributed by atoms with Crippen LogP contribution in [0.5, 0.6) is 0 Å². The summed E-state index contributed by atoms with van der Waals surface area (Å²) in [6.07, 6.45) is -0.0592. The first-order valence-electron chi connectivity index (χ1n) is 5.94. The normalized spacial score (nSPS) is 20.1. The second-order valence-corrected chi connectivity index (χ2v) is 4.28. The zero-order chi connectivity index (χ0) is 13.0. The van der Waals surface area contributed by atoms with E-state index in [-0.39, 0.29) is 11.9 Å². The lowest BCUT2D eigenvalue weighted by molar-refractivity contribution is -0.137. The van der Waals surface area contributed by atoms with Crippen LogP contribution in [0, 0.1) is 0 Å². The second kappa shape index (κ2) is 5.56. The third-order valence-electron chi connectivity index (χ3n) is 2.88. The molecule has 2 heterocycles. The highest BCUT2D eigenvalue weighted by molar-refractivity contribution is 5.38. The maximum atomic E-state index is 12.5. The summed E-state index contributed by atoms with van der Waals surface area (Å²) in [5.74, 6) is 0.253. The van der Waals surface area contributed by atoms with Gasteiger partial charge in [-0.25, -0.2) is 4.98 Å². The molecule has 2 rings (SSSR count). The van der Waals surface area contributed by atoms with Crippen molar-refractivity contribution in [2.45, 2.75) is 31.5 Å². The quantitative estimate of drug-likeness (QED) is 0.903. The Kier molecular flexibility index (Phi) is 4.06. The highest BCUT2D eigenvalue weighted by atomic mass is 19.4. The van der Waals surface area contributed by atoms with Gasteiger partial charge in [0.15, 0.2) is 0 Å². The lowest BCUT2D eigenvalue weighted by Crippen LogP contribution is -2.13. The summed E-state index contributed by atoms with van der Waals surface area (Å²) in [6, 6.07) is 1.99. The Bertz CT molecular complexity index is 389. The molecule has 1 aromatic rings. The van der Waals surface area contributed by atoms with E-state index in [1.807, 2.05) is 0 Å². The molecule has 18 heavy (non-hydrogen) atoms. The van der Waals surface area contributed by atoms with Crippen LogP contribution in [0.3, 0.4) is 0 Å². The van der Waals surface area contributed by atoms with Crippen molar-refractivity contribution < 1.29 is 17.9 Å². The largest absolute Gasteiger partial charge is 0.416 e. The Hall–Kier alpha value is -1.30. The fourth-order valence-corrected chi connectivity index (χ4v) is 1.94. The maximum absolute atomic E-state index is 12.5. The number of alkyl halides is 3. The van der Waals surface area contributed by atoms with Gasteiger partial charge in [-0.3, -0.25) is 0 Å². The van der Waals surface area contributed by atoms with Crippen molar-refractivity contribution in [3.8, 4) is 0 Å². The van der Waals surface area contributed by atoms with Crippen molar-refractivity contribution in [3.63, 3.8) is 0 Å². The van der Waals surface area contributed by atoms with Crippen LogP contribution in [0.25, 0.3) is 0 Å². The molecule has 100 valence electrons. The summed E-state index contributed by atoms with van der Waals surface area (Å²) in [5, 5.41) is 2.89. The minimum atomic E-state index is -4.33. The maximum Gasteiger partial charge on any atom is 0.416 e. The van der Waals surface area contributed by atoms with Gasteiger partial charge in [0.1, 0.15) is 5.82 Å². The van der Waals surface area contributed by atoms with E-state index in [0.717, 1.165) is 44.2 Å². The molecule has 3 nitrogen and oxygen atoms in total. The Balaban J connectivity index is 1.85. The third-order valence-corrected chi connectivity index (χ3v) is 2.88. The van der Waals surface area contributed by atoms with Gasteiger partial charge in [0.25, 0.3) is 0 Å². The number of anilines is 1. The zero-order valence-electron chi connectivity index (χ0n) is 9.83. The fraction of sp³-hybridized carbons (Fsp3) is 0.583. The van der Waals surface area contributed by atoms with Crippen LogP contribution in [-0.2, 0) is 10.9 Å². The Labute approximate surface area is 103 Å². The van der Waals surface area contributed by atoms with Crippen molar-refractivity contribution in [2.24, 2.45) is 0 Å². The van der Waals surface area contributed by atoms with E-state index < -0.39 is 11.7 Å². The smallest absolute Gasteiger partial charge is 0.378 e. The third kappa shape index (κ3) is 3.60. The lowest BCUT2D eigenvalue weighted by atomic mass is 10.2. The first-order chi connectivity index (χ1) is 8.55. The van der Waals surface area contributed by atoms with Crippen LogP contribution in [0.2, 0.25) is 0 Å². The summed E-state index contributed by atoms with van der Waals surface area (Å²) in [6.45, 7) is 1.35. The molecule has 0 amide bonds. The van der Waals surface area contributed by atoms with Crippen molar-refractivity contribution in [3.05, 3.63) is 23.9 Å². The van der Waals surface area contributed by atoms with Crippen molar-refractivity contribution in [2.75, 3.05) is 18.5 Å². The molecule has 0 saturated carbocycles. The van der Waals surface area contributed by atoms with Crippen LogP contribution in [0.1, 0.15) is 24.8 Å². The molecular weight excluding hydrogens is 245 g/mol. The van der Waals surface area contributed by atoms with Gasteiger partial charge in [-0.15, -0.1) is 0 Å². The number of aromatic nitrogens is 1. The predicted molar refractivity (Wildman–Crippen MR) is 61.3 cm³/mol. The molecule has 0 bridgehead atoms. The average molecular weight is 260 g/mol. The van der Waals surface area contributed by atoms with Gasteiger partial charge in [0, 0.05) is 19.3 Å². The number of hydrogen-bond acceptors (Lipinski definition) is 3. The van der Waals surface area contributed by atoms with Gasteiger partial charge in [-0.1, -0.05) is 0 Å². The van der Waals surface area contributed by atoms with Crippen molar-refractivity contribution in [1.29, 1.82) is 0 Å². The van der Waals surface area contributed by atoms with E-state index in [9.17, 15) is 13.2 Å². The molecule has 0 radical (unpaired) electrons. The van der Waals surface area contributed by atoms with E-state index in [0.29, 0.717) is 6.54 Å². The minimum absolute atomic E-state index is 0.225. The molecule has 1 aromatic heterocycles.